The number of aryl methyl sites for hydroxylation is 1. The maximum atomic E-state index is 12.9. The first-order chi connectivity index (χ1) is 8.65. The Bertz CT molecular complexity index is 542. The van der Waals surface area contributed by atoms with E-state index in [1.807, 2.05) is 0 Å². The van der Waals surface area contributed by atoms with Gasteiger partial charge in [0, 0.05) is 31.0 Å². The highest BCUT2D eigenvalue weighted by Gasteiger charge is 2.05. The van der Waals surface area contributed by atoms with Crippen molar-refractivity contribution in [3.8, 4) is 0 Å². The molecule has 18 heavy (non-hydrogen) atoms. The lowest BCUT2D eigenvalue weighted by atomic mass is 10.3. The van der Waals surface area contributed by atoms with Gasteiger partial charge in [-0.15, -0.1) is 0 Å². The van der Waals surface area contributed by atoms with E-state index in [1.165, 1.54) is 18.2 Å². The first kappa shape index (κ1) is 12.6. The smallest absolute Gasteiger partial charge is 0.226 e. The van der Waals surface area contributed by atoms with E-state index in [-0.39, 0.29) is 17.4 Å². The fraction of sp³-hybridized carbons (Fsp3) is 0.167. The molecule has 0 atom stereocenters. The third-order valence-corrected chi connectivity index (χ3v) is 2.62. The molecule has 0 unspecified atom stereocenters. The van der Waals surface area contributed by atoms with E-state index in [4.69, 9.17) is 11.6 Å². The second-order valence-corrected chi connectivity index (χ2v) is 4.10. The van der Waals surface area contributed by atoms with Crippen LogP contribution in [0.3, 0.4) is 0 Å². The van der Waals surface area contributed by atoms with Crippen LogP contribution >= 0.6 is 11.6 Å². The van der Waals surface area contributed by atoms with Crippen LogP contribution < -0.4 is 5.32 Å². The van der Waals surface area contributed by atoms with Crippen LogP contribution in [0.1, 0.15) is 6.42 Å². The summed E-state index contributed by atoms with van der Waals surface area (Å²) in [4.78, 5) is 11.6. The average molecular weight is 268 g/mol. The number of aromatic nitrogens is 2. The van der Waals surface area contributed by atoms with Gasteiger partial charge in [0.25, 0.3) is 0 Å². The van der Waals surface area contributed by atoms with Gasteiger partial charge in [-0.1, -0.05) is 11.6 Å². The van der Waals surface area contributed by atoms with Crippen molar-refractivity contribution in [2.45, 2.75) is 13.0 Å². The highest BCUT2D eigenvalue weighted by Crippen LogP contribution is 2.19. The Hall–Kier alpha value is -1.88. The van der Waals surface area contributed by atoms with E-state index in [1.54, 1.807) is 23.1 Å². The predicted molar refractivity (Wildman–Crippen MR) is 66.9 cm³/mol. The van der Waals surface area contributed by atoms with E-state index in [9.17, 15) is 9.18 Å². The van der Waals surface area contributed by atoms with E-state index in [0.29, 0.717) is 12.2 Å². The van der Waals surface area contributed by atoms with Crippen molar-refractivity contribution in [2.24, 2.45) is 0 Å². The summed E-state index contributed by atoms with van der Waals surface area (Å²) >= 11 is 5.62. The Labute approximate surface area is 108 Å². The highest BCUT2D eigenvalue weighted by molar-refractivity contribution is 6.31. The number of hydrogen-bond donors (Lipinski definition) is 1. The molecule has 0 radical (unpaired) electrons. The molecule has 0 fully saturated rings. The predicted octanol–water partition coefficient (Wildman–Crippen LogP) is 2.70. The molecule has 1 aromatic carbocycles. The number of anilines is 1. The number of carbonyl (C=O) groups is 1. The van der Waals surface area contributed by atoms with E-state index < -0.39 is 5.82 Å². The van der Waals surface area contributed by atoms with Gasteiger partial charge in [0.15, 0.2) is 0 Å². The first-order valence-electron chi connectivity index (χ1n) is 5.37. The molecule has 0 aliphatic rings. The molecule has 0 saturated carbocycles. The Morgan fingerprint density at radius 3 is 3.00 bits per heavy atom. The maximum Gasteiger partial charge on any atom is 0.226 e. The minimum Gasteiger partial charge on any atom is -0.326 e. The number of carbonyl (C=O) groups excluding carboxylic acids is 1. The molecule has 94 valence electrons. The Morgan fingerprint density at radius 1 is 1.50 bits per heavy atom. The number of nitrogens with one attached hydrogen (secondary N) is 1. The van der Waals surface area contributed by atoms with Crippen LogP contribution in [-0.4, -0.2) is 15.7 Å². The van der Waals surface area contributed by atoms with Crippen LogP contribution in [0.5, 0.6) is 0 Å². The van der Waals surface area contributed by atoms with Crippen molar-refractivity contribution in [3.63, 3.8) is 0 Å². The molecule has 1 amide bonds. The van der Waals surface area contributed by atoms with Gasteiger partial charge in [-0.3, -0.25) is 9.48 Å². The lowest BCUT2D eigenvalue weighted by molar-refractivity contribution is -0.116. The van der Waals surface area contributed by atoms with Crippen molar-refractivity contribution in [3.05, 3.63) is 47.5 Å². The van der Waals surface area contributed by atoms with Gasteiger partial charge < -0.3 is 5.32 Å². The van der Waals surface area contributed by atoms with Gasteiger partial charge in [0.2, 0.25) is 5.91 Å². The number of benzene rings is 1. The van der Waals surface area contributed by atoms with Crippen molar-refractivity contribution in [2.75, 3.05) is 5.32 Å². The van der Waals surface area contributed by atoms with Crippen LogP contribution in [0.15, 0.2) is 36.7 Å². The summed E-state index contributed by atoms with van der Waals surface area (Å²) in [7, 11) is 0. The van der Waals surface area contributed by atoms with Crippen LogP contribution in [0, 0.1) is 5.82 Å². The molecule has 1 aromatic heterocycles. The molecule has 1 N–H and O–H groups in total. The van der Waals surface area contributed by atoms with Gasteiger partial charge in [-0.25, -0.2) is 4.39 Å². The monoisotopic (exact) mass is 267 g/mol. The van der Waals surface area contributed by atoms with Crippen molar-refractivity contribution in [1.29, 1.82) is 0 Å². The second-order valence-electron chi connectivity index (χ2n) is 3.70. The zero-order valence-electron chi connectivity index (χ0n) is 9.44. The van der Waals surface area contributed by atoms with Crippen LogP contribution in [-0.2, 0) is 11.3 Å². The molecule has 0 spiro atoms. The topological polar surface area (TPSA) is 46.9 Å². The largest absolute Gasteiger partial charge is 0.326 e. The van der Waals surface area contributed by atoms with Crippen LogP contribution in [0.4, 0.5) is 10.1 Å². The molecule has 2 rings (SSSR count). The molecule has 6 heteroatoms. The lowest BCUT2D eigenvalue weighted by Gasteiger charge is -2.06. The third kappa shape index (κ3) is 3.30. The number of nitrogens with zero attached hydrogens (tertiary/aromatic N) is 2. The van der Waals surface area contributed by atoms with Crippen molar-refractivity contribution < 1.29 is 9.18 Å². The van der Waals surface area contributed by atoms with Crippen LogP contribution in [0.2, 0.25) is 5.02 Å². The number of rotatable bonds is 4. The number of hydrogen-bond acceptors (Lipinski definition) is 2. The SMILES string of the molecule is O=C(CCn1cccn1)Nc1ccc(F)c(Cl)c1. The second kappa shape index (κ2) is 5.64. The maximum absolute atomic E-state index is 12.9. The minimum atomic E-state index is -0.508. The fourth-order valence-corrected chi connectivity index (χ4v) is 1.63. The van der Waals surface area contributed by atoms with E-state index in [2.05, 4.69) is 10.4 Å². The van der Waals surface area contributed by atoms with Crippen LogP contribution in [0.25, 0.3) is 0 Å². The Balaban J connectivity index is 1.88. The van der Waals surface area contributed by atoms with E-state index >= 15 is 0 Å². The van der Waals surface area contributed by atoms with Gasteiger partial charge in [-0.2, -0.15) is 5.10 Å². The van der Waals surface area contributed by atoms with Gasteiger partial charge >= 0.3 is 0 Å². The zero-order valence-corrected chi connectivity index (χ0v) is 10.2. The van der Waals surface area contributed by atoms with Gasteiger partial charge in [0.1, 0.15) is 5.82 Å². The molecule has 2 aromatic rings. The normalized spacial score (nSPS) is 10.3. The quantitative estimate of drug-likeness (QED) is 0.926. The summed E-state index contributed by atoms with van der Waals surface area (Å²) in [6.45, 7) is 0.494. The molecule has 0 aliphatic heterocycles. The molecular formula is C12H11ClFN3O. The third-order valence-electron chi connectivity index (χ3n) is 2.33. The summed E-state index contributed by atoms with van der Waals surface area (Å²) in [5.41, 5.74) is 0.479. The Kier molecular flexibility index (Phi) is 3.94. The van der Waals surface area contributed by atoms with Crippen molar-refractivity contribution >= 4 is 23.2 Å². The molecule has 0 bridgehead atoms. The summed E-state index contributed by atoms with van der Waals surface area (Å²) in [5.74, 6) is -0.681. The van der Waals surface area contributed by atoms with Crippen molar-refractivity contribution in [1.82, 2.24) is 9.78 Å². The molecule has 0 saturated heterocycles. The molecule has 4 nitrogen and oxygen atoms in total. The molecule has 1 heterocycles. The number of amides is 1. The number of halogens is 2. The standard InChI is InChI=1S/C12H11ClFN3O/c13-10-8-9(2-3-11(10)14)16-12(18)4-7-17-6-1-5-15-17/h1-3,5-6,8H,4,7H2,(H,16,18). The minimum absolute atomic E-state index is 0.0140. The fourth-order valence-electron chi connectivity index (χ4n) is 1.45. The first-order valence-corrected chi connectivity index (χ1v) is 5.75. The highest BCUT2D eigenvalue weighted by atomic mass is 35.5. The summed E-state index contributed by atoms with van der Waals surface area (Å²) in [6.07, 6.45) is 3.72. The lowest BCUT2D eigenvalue weighted by Crippen LogP contribution is -2.14. The summed E-state index contributed by atoms with van der Waals surface area (Å²) < 4.78 is 14.6. The van der Waals surface area contributed by atoms with Gasteiger partial charge in [-0.05, 0) is 24.3 Å². The molecule has 0 aliphatic carbocycles. The van der Waals surface area contributed by atoms with Gasteiger partial charge in [0.05, 0.1) is 5.02 Å². The molecular weight excluding hydrogens is 257 g/mol. The average Bonchev–Trinajstić information content (AvgIpc) is 2.84. The Morgan fingerprint density at radius 2 is 2.33 bits per heavy atom. The van der Waals surface area contributed by atoms with E-state index in [0.717, 1.165) is 0 Å². The summed E-state index contributed by atoms with van der Waals surface area (Å²) in [6, 6.07) is 5.85. The zero-order chi connectivity index (χ0) is 13.0. The summed E-state index contributed by atoms with van der Waals surface area (Å²) in [5, 5.41) is 6.61.